The van der Waals surface area contributed by atoms with Crippen LogP contribution < -0.4 is 11.1 Å². The van der Waals surface area contributed by atoms with Crippen LogP contribution >= 0.6 is 12.2 Å². The second kappa shape index (κ2) is 7.80. The first-order chi connectivity index (χ1) is 9.06. The smallest absolute Gasteiger partial charge is 0.233 e. The fraction of sp³-hybridized carbons (Fsp3) is 0.857. The maximum atomic E-state index is 12.6. The van der Waals surface area contributed by atoms with E-state index in [-0.39, 0.29) is 11.9 Å². The summed E-state index contributed by atoms with van der Waals surface area (Å²) < 4.78 is 5.12. The highest BCUT2D eigenvalue weighted by Crippen LogP contribution is 2.36. The van der Waals surface area contributed by atoms with Crippen LogP contribution in [0.15, 0.2) is 0 Å². The van der Waals surface area contributed by atoms with Gasteiger partial charge in [-0.2, -0.15) is 0 Å². The van der Waals surface area contributed by atoms with Crippen molar-refractivity contribution in [3.63, 3.8) is 0 Å². The Labute approximate surface area is 121 Å². The number of thiocarbonyl (C=S) groups is 1. The summed E-state index contributed by atoms with van der Waals surface area (Å²) in [6.45, 7) is 2.56. The zero-order chi connectivity index (χ0) is 14.3. The van der Waals surface area contributed by atoms with Gasteiger partial charge in [0, 0.05) is 7.11 Å². The van der Waals surface area contributed by atoms with Crippen LogP contribution in [-0.4, -0.2) is 30.7 Å². The summed E-state index contributed by atoms with van der Waals surface area (Å²) >= 11 is 5.20. The van der Waals surface area contributed by atoms with E-state index in [1.54, 1.807) is 7.11 Å². The third-order valence-corrected chi connectivity index (χ3v) is 4.45. The van der Waals surface area contributed by atoms with Gasteiger partial charge < -0.3 is 15.8 Å². The molecule has 0 heterocycles. The van der Waals surface area contributed by atoms with Crippen LogP contribution in [0.2, 0.25) is 0 Å². The number of carbonyl (C=O) groups is 1. The number of amides is 1. The normalized spacial score (nSPS) is 20.3. The van der Waals surface area contributed by atoms with Gasteiger partial charge in [-0.3, -0.25) is 4.79 Å². The zero-order valence-corrected chi connectivity index (χ0v) is 12.9. The van der Waals surface area contributed by atoms with Gasteiger partial charge in [0.15, 0.2) is 0 Å². The molecule has 4 nitrogen and oxygen atoms in total. The highest BCUT2D eigenvalue weighted by atomic mass is 32.1. The van der Waals surface area contributed by atoms with Crippen molar-refractivity contribution in [1.82, 2.24) is 5.32 Å². The van der Waals surface area contributed by atoms with Gasteiger partial charge in [-0.25, -0.2) is 0 Å². The molecule has 5 heteroatoms. The molecular formula is C14H26N2O2S. The highest BCUT2D eigenvalue weighted by Gasteiger charge is 2.41. The second-order valence-corrected chi connectivity index (χ2v) is 5.83. The number of hydrogen-bond donors (Lipinski definition) is 2. The quantitative estimate of drug-likeness (QED) is 0.580. The van der Waals surface area contributed by atoms with Crippen molar-refractivity contribution in [2.24, 2.45) is 11.1 Å². The summed E-state index contributed by atoms with van der Waals surface area (Å²) in [5, 5.41) is 3.06. The number of nitrogens with one attached hydrogen (secondary N) is 1. The SMILES string of the molecule is CCC(COC)NC(=O)C1(C(N)=S)CCCCCC1. The van der Waals surface area contributed by atoms with Crippen LogP contribution in [0, 0.1) is 5.41 Å². The first kappa shape index (κ1) is 16.4. The summed E-state index contributed by atoms with van der Waals surface area (Å²) in [5.74, 6) is -0.00852. The third-order valence-electron chi connectivity index (χ3n) is 4.06. The van der Waals surface area contributed by atoms with Gasteiger partial charge in [-0.1, -0.05) is 44.8 Å². The van der Waals surface area contributed by atoms with Gasteiger partial charge in [0.1, 0.15) is 0 Å². The average Bonchev–Trinajstić information content (AvgIpc) is 2.64. The van der Waals surface area contributed by atoms with E-state index in [1.807, 2.05) is 6.92 Å². The Morgan fingerprint density at radius 2 is 1.95 bits per heavy atom. The van der Waals surface area contributed by atoms with E-state index < -0.39 is 5.41 Å². The van der Waals surface area contributed by atoms with Crippen LogP contribution in [0.5, 0.6) is 0 Å². The Bertz CT molecular complexity index is 313. The number of methoxy groups -OCH3 is 1. The molecule has 0 aliphatic heterocycles. The van der Waals surface area contributed by atoms with E-state index in [9.17, 15) is 4.79 Å². The Morgan fingerprint density at radius 1 is 1.37 bits per heavy atom. The van der Waals surface area contributed by atoms with E-state index in [1.165, 1.54) is 0 Å². The minimum Gasteiger partial charge on any atom is -0.392 e. The van der Waals surface area contributed by atoms with E-state index in [0.29, 0.717) is 11.6 Å². The summed E-state index contributed by atoms with van der Waals surface area (Å²) in [6.07, 6.45) is 6.75. The van der Waals surface area contributed by atoms with Crippen LogP contribution in [0.3, 0.4) is 0 Å². The summed E-state index contributed by atoms with van der Waals surface area (Å²) in [5.41, 5.74) is 5.26. The molecule has 1 amide bonds. The standard InChI is InChI=1S/C14H26N2O2S/c1-3-11(10-18-2)16-13(17)14(12(15)19)8-6-4-5-7-9-14/h11H,3-10H2,1-2H3,(H2,15,19)(H,16,17). The van der Waals surface area contributed by atoms with E-state index in [0.717, 1.165) is 44.9 Å². The molecule has 0 aromatic rings. The Morgan fingerprint density at radius 3 is 2.37 bits per heavy atom. The zero-order valence-electron chi connectivity index (χ0n) is 12.0. The van der Waals surface area contributed by atoms with Crippen molar-refractivity contribution in [3.8, 4) is 0 Å². The molecule has 1 atom stereocenters. The molecule has 19 heavy (non-hydrogen) atoms. The topological polar surface area (TPSA) is 64.3 Å². The number of nitrogens with two attached hydrogens (primary N) is 1. The predicted octanol–water partition coefficient (Wildman–Crippen LogP) is 2.15. The molecule has 0 radical (unpaired) electrons. The van der Waals surface area contributed by atoms with Crippen molar-refractivity contribution >= 4 is 23.1 Å². The van der Waals surface area contributed by atoms with Crippen LogP contribution in [0.25, 0.3) is 0 Å². The Balaban J connectivity index is 2.79. The van der Waals surface area contributed by atoms with Crippen LogP contribution in [0.1, 0.15) is 51.9 Å². The molecule has 0 spiro atoms. The molecule has 0 aromatic carbocycles. The minimum atomic E-state index is -0.646. The Kier molecular flexibility index (Phi) is 6.72. The Hall–Kier alpha value is -0.680. The fourth-order valence-corrected chi connectivity index (χ4v) is 3.00. The first-order valence-corrected chi connectivity index (χ1v) is 7.57. The van der Waals surface area contributed by atoms with Gasteiger partial charge in [0.25, 0.3) is 0 Å². The summed E-state index contributed by atoms with van der Waals surface area (Å²) in [7, 11) is 1.64. The van der Waals surface area contributed by atoms with Crippen molar-refractivity contribution in [2.75, 3.05) is 13.7 Å². The molecule has 1 saturated carbocycles. The molecule has 1 aliphatic rings. The molecule has 0 saturated heterocycles. The predicted molar refractivity (Wildman–Crippen MR) is 81.0 cm³/mol. The number of rotatable bonds is 6. The van der Waals surface area contributed by atoms with Gasteiger partial charge in [0.05, 0.1) is 23.1 Å². The molecule has 0 bridgehead atoms. The maximum absolute atomic E-state index is 12.6. The largest absolute Gasteiger partial charge is 0.392 e. The molecule has 110 valence electrons. The average molecular weight is 286 g/mol. The monoisotopic (exact) mass is 286 g/mol. The van der Waals surface area contributed by atoms with Crippen LogP contribution in [0.4, 0.5) is 0 Å². The van der Waals surface area contributed by atoms with E-state index in [4.69, 9.17) is 22.7 Å². The van der Waals surface area contributed by atoms with E-state index >= 15 is 0 Å². The summed E-state index contributed by atoms with van der Waals surface area (Å²) in [4.78, 5) is 13.0. The number of carbonyl (C=O) groups excluding carboxylic acids is 1. The molecule has 1 aliphatic carbocycles. The molecule has 0 aromatic heterocycles. The highest BCUT2D eigenvalue weighted by molar-refractivity contribution is 7.80. The van der Waals surface area contributed by atoms with Gasteiger partial charge in [0.2, 0.25) is 5.91 Å². The maximum Gasteiger partial charge on any atom is 0.233 e. The minimum absolute atomic E-state index is 0.00852. The first-order valence-electron chi connectivity index (χ1n) is 7.16. The molecular weight excluding hydrogens is 260 g/mol. The number of hydrogen-bond acceptors (Lipinski definition) is 3. The molecule has 1 rings (SSSR count). The number of ether oxygens (including phenoxy) is 1. The molecule has 1 unspecified atom stereocenters. The van der Waals surface area contributed by atoms with Crippen molar-refractivity contribution < 1.29 is 9.53 Å². The molecule has 1 fully saturated rings. The lowest BCUT2D eigenvalue weighted by molar-refractivity contribution is -0.129. The van der Waals surface area contributed by atoms with Crippen molar-refractivity contribution in [2.45, 2.75) is 57.9 Å². The van der Waals surface area contributed by atoms with Crippen molar-refractivity contribution in [3.05, 3.63) is 0 Å². The fourth-order valence-electron chi connectivity index (χ4n) is 2.70. The lowest BCUT2D eigenvalue weighted by atomic mass is 9.79. The van der Waals surface area contributed by atoms with Crippen molar-refractivity contribution in [1.29, 1.82) is 0 Å². The second-order valence-electron chi connectivity index (χ2n) is 5.39. The third kappa shape index (κ3) is 4.14. The van der Waals surface area contributed by atoms with Gasteiger partial charge >= 0.3 is 0 Å². The van der Waals surface area contributed by atoms with E-state index in [2.05, 4.69) is 5.32 Å². The molecule has 3 N–H and O–H groups in total. The lowest BCUT2D eigenvalue weighted by Crippen LogP contribution is -2.52. The van der Waals surface area contributed by atoms with Crippen LogP contribution in [-0.2, 0) is 9.53 Å². The summed E-state index contributed by atoms with van der Waals surface area (Å²) in [6, 6.07) is 0.0342. The van der Waals surface area contributed by atoms with Gasteiger partial charge in [-0.05, 0) is 19.3 Å². The lowest BCUT2D eigenvalue weighted by Gasteiger charge is -2.32. The van der Waals surface area contributed by atoms with Gasteiger partial charge in [-0.15, -0.1) is 0 Å².